The molecule has 0 unspecified atom stereocenters. The highest BCUT2D eigenvalue weighted by molar-refractivity contribution is 5.74. The van der Waals surface area contributed by atoms with Gasteiger partial charge < -0.3 is 15.4 Å². The zero-order valence-electron chi connectivity index (χ0n) is 12.7. The molecular weight excluding hydrogens is 266 g/mol. The standard InChI is InChI=1S/C15H23N5O/c1-19(11-5-3-4-6-11)9-10-20-14-12(17-15(20)16)7-8-13(18-14)21-2/h7-8,11H,3-6,9-10H2,1-2H3,(H2,16,17). The van der Waals surface area contributed by atoms with Gasteiger partial charge in [-0.3, -0.25) is 4.57 Å². The highest BCUT2D eigenvalue weighted by Gasteiger charge is 2.20. The minimum absolute atomic E-state index is 0.519. The molecule has 0 atom stereocenters. The van der Waals surface area contributed by atoms with E-state index in [0.29, 0.717) is 17.9 Å². The molecule has 3 rings (SSSR count). The average molecular weight is 289 g/mol. The predicted molar refractivity (Wildman–Crippen MR) is 83.4 cm³/mol. The van der Waals surface area contributed by atoms with Crippen LogP contribution in [0, 0.1) is 0 Å². The number of methoxy groups -OCH3 is 1. The number of likely N-dealkylation sites (N-methyl/N-ethyl adjacent to an activating group) is 1. The predicted octanol–water partition coefficient (Wildman–Crippen LogP) is 1.90. The Bertz CT molecular complexity index is 618. The van der Waals surface area contributed by atoms with E-state index in [9.17, 15) is 0 Å². The van der Waals surface area contributed by atoms with Gasteiger partial charge in [-0.15, -0.1) is 0 Å². The van der Waals surface area contributed by atoms with Crippen LogP contribution in [0.2, 0.25) is 0 Å². The number of aromatic nitrogens is 3. The molecule has 2 heterocycles. The summed E-state index contributed by atoms with van der Waals surface area (Å²) in [6, 6.07) is 4.42. The molecule has 1 aliphatic carbocycles. The lowest BCUT2D eigenvalue weighted by molar-refractivity contribution is 0.237. The molecule has 0 aromatic carbocycles. The Morgan fingerprint density at radius 2 is 2.10 bits per heavy atom. The normalized spacial score (nSPS) is 16.1. The van der Waals surface area contributed by atoms with Crippen molar-refractivity contribution in [3.8, 4) is 5.88 Å². The van der Waals surface area contributed by atoms with Gasteiger partial charge in [-0.25, -0.2) is 4.98 Å². The van der Waals surface area contributed by atoms with Crippen LogP contribution in [0.5, 0.6) is 5.88 Å². The van der Waals surface area contributed by atoms with Gasteiger partial charge in [0.25, 0.3) is 0 Å². The summed E-state index contributed by atoms with van der Waals surface area (Å²) in [5.74, 6) is 1.11. The van der Waals surface area contributed by atoms with Crippen LogP contribution in [0.1, 0.15) is 25.7 Å². The maximum atomic E-state index is 6.04. The van der Waals surface area contributed by atoms with Crippen molar-refractivity contribution in [3.05, 3.63) is 12.1 Å². The Hall–Kier alpha value is -1.82. The van der Waals surface area contributed by atoms with E-state index in [-0.39, 0.29) is 0 Å². The number of nitrogen functional groups attached to an aromatic ring is 1. The molecule has 1 saturated carbocycles. The Kier molecular flexibility index (Phi) is 3.96. The fourth-order valence-electron chi connectivity index (χ4n) is 3.12. The summed E-state index contributed by atoms with van der Waals surface area (Å²) in [4.78, 5) is 11.3. The van der Waals surface area contributed by atoms with Crippen molar-refractivity contribution in [2.75, 3.05) is 26.4 Å². The molecule has 0 saturated heterocycles. The summed E-state index contributed by atoms with van der Waals surface area (Å²) in [5.41, 5.74) is 7.65. The second-order valence-electron chi connectivity index (χ2n) is 5.74. The number of nitrogens with zero attached hydrogens (tertiary/aromatic N) is 4. The summed E-state index contributed by atoms with van der Waals surface area (Å²) in [7, 11) is 3.81. The first-order valence-corrected chi connectivity index (χ1v) is 7.56. The van der Waals surface area contributed by atoms with E-state index in [1.807, 2.05) is 16.7 Å². The van der Waals surface area contributed by atoms with Crippen LogP contribution in [-0.2, 0) is 6.54 Å². The molecule has 21 heavy (non-hydrogen) atoms. The monoisotopic (exact) mass is 289 g/mol. The van der Waals surface area contributed by atoms with E-state index >= 15 is 0 Å². The number of anilines is 1. The van der Waals surface area contributed by atoms with Crippen LogP contribution in [0.3, 0.4) is 0 Å². The van der Waals surface area contributed by atoms with E-state index in [4.69, 9.17) is 10.5 Å². The third-order valence-corrected chi connectivity index (χ3v) is 4.43. The van der Waals surface area contributed by atoms with E-state index in [0.717, 1.165) is 24.3 Å². The smallest absolute Gasteiger partial charge is 0.215 e. The van der Waals surface area contributed by atoms with Gasteiger partial charge in [0.15, 0.2) is 5.65 Å². The van der Waals surface area contributed by atoms with Gasteiger partial charge in [0.1, 0.15) is 5.52 Å². The molecule has 1 aliphatic rings. The Morgan fingerprint density at radius 1 is 1.33 bits per heavy atom. The maximum absolute atomic E-state index is 6.04. The molecule has 0 aliphatic heterocycles. The summed E-state index contributed by atoms with van der Waals surface area (Å²) < 4.78 is 7.17. The lowest BCUT2D eigenvalue weighted by atomic mass is 10.2. The summed E-state index contributed by atoms with van der Waals surface area (Å²) in [5, 5.41) is 0. The number of rotatable bonds is 5. The van der Waals surface area contributed by atoms with Crippen LogP contribution in [0.4, 0.5) is 5.95 Å². The molecule has 2 aromatic rings. The average Bonchev–Trinajstić information content (AvgIpc) is 3.11. The molecule has 2 N–H and O–H groups in total. The quantitative estimate of drug-likeness (QED) is 0.910. The second kappa shape index (κ2) is 5.89. The number of ether oxygens (including phenoxy) is 1. The SMILES string of the molecule is COc1ccc2nc(N)n(CCN(C)C3CCCC3)c2n1. The Morgan fingerprint density at radius 3 is 2.81 bits per heavy atom. The number of nitrogens with two attached hydrogens (primary N) is 1. The van der Waals surface area contributed by atoms with Crippen molar-refractivity contribution in [2.45, 2.75) is 38.3 Å². The van der Waals surface area contributed by atoms with Crippen LogP contribution in [0.15, 0.2) is 12.1 Å². The number of hydrogen-bond donors (Lipinski definition) is 1. The molecular formula is C15H23N5O. The largest absolute Gasteiger partial charge is 0.481 e. The van der Waals surface area contributed by atoms with E-state index in [1.54, 1.807) is 7.11 Å². The number of imidazole rings is 1. The number of hydrogen-bond acceptors (Lipinski definition) is 5. The van der Waals surface area contributed by atoms with Gasteiger partial charge in [0.2, 0.25) is 11.8 Å². The molecule has 6 nitrogen and oxygen atoms in total. The lowest BCUT2D eigenvalue weighted by Gasteiger charge is -2.24. The third-order valence-electron chi connectivity index (χ3n) is 4.43. The summed E-state index contributed by atoms with van der Waals surface area (Å²) in [6.45, 7) is 1.76. The maximum Gasteiger partial charge on any atom is 0.215 e. The van der Waals surface area contributed by atoms with E-state index in [2.05, 4.69) is 21.9 Å². The minimum atomic E-state index is 0.519. The zero-order valence-corrected chi connectivity index (χ0v) is 12.7. The first-order chi connectivity index (χ1) is 10.2. The number of fused-ring (bicyclic) bond motifs is 1. The van der Waals surface area contributed by atoms with E-state index < -0.39 is 0 Å². The first-order valence-electron chi connectivity index (χ1n) is 7.56. The van der Waals surface area contributed by atoms with Gasteiger partial charge in [-0.05, 0) is 26.0 Å². The molecule has 0 amide bonds. The van der Waals surface area contributed by atoms with Crippen LogP contribution >= 0.6 is 0 Å². The van der Waals surface area contributed by atoms with Crippen LogP contribution in [0.25, 0.3) is 11.2 Å². The topological polar surface area (TPSA) is 69.2 Å². The fraction of sp³-hybridized carbons (Fsp3) is 0.600. The molecule has 2 aromatic heterocycles. The summed E-state index contributed by atoms with van der Waals surface area (Å²) >= 11 is 0. The van der Waals surface area contributed by atoms with E-state index in [1.165, 1.54) is 25.7 Å². The highest BCUT2D eigenvalue weighted by Crippen LogP contribution is 2.23. The zero-order chi connectivity index (χ0) is 14.8. The van der Waals surface area contributed by atoms with Crippen molar-refractivity contribution in [1.82, 2.24) is 19.4 Å². The van der Waals surface area contributed by atoms with Crippen LogP contribution in [-0.4, -0.2) is 46.2 Å². The molecule has 6 heteroatoms. The van der Waals surface area contributed by atoms with Crippen molar-refractivity contribution in [2.24, 2.45) is 0 Å². The Labute approximate surface area is 124 Å². The van der Waals surface area contributed by atoms with Gasteiger partial charge in [-0.2, -0.15) is 4.98 Å². The van der Waals surface area contributed by atoms with Crippen molar-refractivity contribution in [3.63, 3.8) is 0 Å². The van der Waals surface area contributed by atoms with Crippen LogP contribution < -0.4 is 10.5 Å². The molecule has 114 valence electrons. The molecule has 0 bridgehead atoms. The van der Waals surface area contributed by atoms with Gasteiger partial charge >= 0.3 is 0 Å². The summed E-state index contributed by atoms with van der Waals surface area (Å²) in [6.07, 6.45) is 5.32. The minimum Gasteiger partial charge on any atom is -0.481 e. The second-order valence-corrected chi connectivity index (χ2v) is 5.74. The van der Waals surface area contributed by atoms with Crippen molar-refractivity contribution in [1.29, 1.82) is 0 Å². The lowest BCUT2D eigenvalue weighted by Crippen LogP contribution is -2.32. The number of pyridine rings is 1. The van der Waals surface area contributed by atoms with Gasteiger partial charge in [-0.1, -0.05) is 12.8 Å². The molecule has 0 radical (unpaired) electrons. The Balaban J connectivity index is 1.77. The highest BCUT2D eigenvalue weighted by atomic mass is 16.5. The van der Waals surface area contributed by atoms with Gasteiger partial charge in [0, 0.05) is 25.2 Å². The third kappa shape index (κ3) is 2.81. The fourth-order valence-corrected chi connectivity index (χ4v) is 3.12. The van der Waals surface area contributed by atoms with Gasteiger partial charge in [0.05, 0.1) is 7.11 Å². The molecule has 0 spiro atoms. The van der Waals surface area contributed by atoms with Crippen molar-refractivity contribution >= 4 is 17.1 Å². The van der Waals surface area contributed by atoms with Crippen molar-refractivity contribution < 1.29 is 4.74 Å². The molecule has 1 fully saturated rings. The first kappa shape index (κ1) is 14.1.